The van der Waals surface area contributed by atoms with Crippen molar-refractivity contribution < 1.29 is 29.4 Å². The Labute approximate surface area is 243 Å². The Balaban J connectivity index is 1.37. The van der Waals surface area contributed by atoms with E-state index in [1.54, 1.807) is 23.6 Å². The van der Waals surface area contributed by atoms with Crippen molar-refractivity contribution in [2.45, 2.75) is 75.2 Å². The van der Waals surface area contributed by atoms with E-state index in [0.717, 1.165) is 34.7 Å². The minimum absolute atomic E-state index is 0.0175. The van der Waals surface area contributed by atoms with Crippen LogP contribution < -0.4 is 10.8 Å². The summed E-state index contributed by atoms with van der Waals surface area (Å²) < 4.78 is 14.7. The number of hydroxylamine groups is 1. The van der Waals surface area contributed by atoms with Crippen LogP contribution in [0.3, 0.4) is 0 Å². The summed E-state index contributed by atoms with van der Waals surface area (Å²) in [4.78, 5) is 23.6. The molecule has 2 heterocycles. The number of carbonyl (C=O) groups excluding carboxylic acids is 2. The molecule has 1 saturated heterocycles. The van der Waals surface area contributed by atoms with Gasteiger partial charge in [0.2, 0.25) is 11.8 Å². The number of aryl methyl sites for hydroxylation is 1. The molecular weight excluding hydrogens is 546 g/mol. The Bertz CT molecular complexity index is 1270. The molecule has 2 amide bonds. The summed E-state index contributed by atoms with van der Waals surface area (Å²) in [6.07, 6.45) is 5.01. The molecule has 4 rings (SSSR count). The van der Waals surface area contributed by atoms with Crippen LogP contribution in [-0.2, 0) is 32.7 Å². The molecule has 0 bridgehead atoms. The average Bonchev–Trinajstić information content (AvgIpc) is 3.42. The van der Waals surface area contributed by atoms with Gasteiger partial charge in [-0.3, -0.25) is 14.8 Å². The molecule has 3 aromatic rings. The van der Waals surface area contributed by atoms with Gasteiger partial charge in [0.15, 0.2) is 11.4 Å². The molecule has 0 saturated carbocycles. The van der Waals surface area contributed by atoms with Crippen LogP contribution in [-0.4, -0.2) is 48.7 Å². The fourth-order valence-corrected chi connectivity index (χ4v) is 5.47. The number of ether oxygens (including phenoxy) is 2. The van der Waals surface area contributed by atoms with Crippen LogP contribution in [0.2, 0.25) is 0 Å². The zero-order chi connectivity index (χ0) is 29.0. The number of unbranched alkanes of at least 4 members (excludes halogenated alkanes) is 3. The van der Waals surface area contributed by atoms with E-state index in [1.165, 1.54) is 0 Å². The van der Waals surface area contributed by atoms with Gasteiger partial charge in [0.25, 0.3) is 0 Å². The molecule has 12 heteroatoms. The van der Waals surface area contributed by atoms with Crippen molar-refractivity contribution in [2.75, 3.05) is 11.1 Å². The van der Waals surface area contributed by atoms with Gasteiger partial charge in [-0.05, 0) is 36.1 Å². The summed E-state index contributed by atoms with van der Waals surface area (Å²) in [6, 6.07) is 15.3. The van der Waals surface area contributed by atoms with Gasteiger partial charge < -0.3 is 24.5 Å². The summed E-state index contributed by atoms with van der Waals surface area (Å²) in [5, 5.41) is 29.8. The predicted octanol–water partition coefficient (Wildman–Crippen LogP) is 4.43. The molecule has 1 aliphatic heterocycles. The van der Waals surface area contributed by atoms with Crippen molar-refractivity contribution in [1.29, 1.82) is 0 Å². The third kappa shape index (κ3) is 9.37. The maximum absolute atomic E-state index is 12.5. The fraction of sp³-hybridized carbons (Fsp3) is 0.448. The lowest BCUT2D eigenvalue weighted by molar-refractivity contribution is -0.245. The number of carbonyl (C=O) groups is 2. The highest BCUT2D eigenvalue weighted by molar-refractivity contribution is 7.99. The topological polar surface area (TPSA) is 148 Å². The van der Waals surface area contributed by atoms with Crippen molar-refractivity contribution in [3.63, 3.8) is 0 Å². The first-order chi connectivity index (χ1) is 19.9. The number of aliphatic hydroxyl groups excluding tert-OH is 1. The van der Waals surface area contributed by atoms with Crippen LogP contribution in [0.5, 0.6) is 0 Å². The third-order valence-electron chi connectivity index (χ3n) is 6.81. The van der Waals surface area contributed by atoms with E-state index >= 15 is 0 Å². The highest BCUT2D eigenvalue weighted by Crippen LogP contribution is 2.39. The van der Waals surface area contributed by atoms with Crippen LogP contribution in [0.4, 0.5) is 5.69 Å². The molecule has 2 aromatic carbocycles. The largest absolute Gasteiger partial charge is 0.392 e. The molecular formula is C29H37N5O6S. The molecule has 3 atom stereocenters. The molecule has 3 unspecified atom stereocenters. The van der Waals surface area contributed by atoms with E-state index in [2.05, 4.69) is 15.5 Å². The standard InChI is InChI=1S/C29H37N5O6S/c1-34-19-30-32-29(34)41-18-24-16-25(21-13-11-20(17-35)12-14-21)40-28(39-24)22-7-6-8-23(15-22)31-26(36)9-4-2-3-5-10-27(37)33-38/h6-8,11-15,19,24-25,28,35,38H,2-5,9-10,16-18H2,1H3,(H,31,36)(H,33,37). The molecule has 1 fully saturated rings. The first kappa shape index (κ1) is 30.7. The Morgan fingerprint density at radius 3 is 2.46 bits per heavy atom. The van der Waals surface area contributed by atoms with Gasteiger partial charge in [0, 0.05) is 43.3 Å². The van der Waals surface area contributed by atoms with Gasteiger partial charge in [0.05, 0.1) is 18.8 Å². The first-order valence-electron chi connectivity index (χ1n) is 13.8. The number of anilines is 1. The van der Waals surface area contributed by atoms with E-state index < -0.39 is 12.2 Å². The summed E-state index contributed by atoms with van der Waals surface area (Å²) in [5.74, 6) is 0.189. The van der Waals surface area contributed by atoms with E-state index in [1.807, 2.05) is 60.1 Å². The van der Waals surface area contributed by atoms with E-state index in [0.29, 0.717) is 37.1 Å². The maximum atomic E-state index is 12.5. The normalized spacial score (nSPS) is 18.7. The Morgan fingerprint density at radius 1 is 1.02 bits per heavy atom. The van der Waals surface area contributed by atoms with Crippen LogP contribution in [0, 0.1) is 0 Å². The molecule has 1 aromatic heterocycles. The fourth-order valence-electron chi connectivity index (χ4n) is 4.56. The second-order valence-electron chi connectivity index (χ2n) is 10.0. The molecule has 0 spiro atoms. The molecule has 0 aliphatic carbocycles. The SMILES string of the molecule is Cn1cnnc1SCC1CC(c2ccc(CO)cc2)OC(c2cccc(NC(=O)CCCCCCC(=O)NO)c2)O1. The van der Waals surface area contributed by atoms with Gasteiger partial charge in [-0.25, -0.2) is 5.48 Å². The number of hydrogen-bond acceptors (Lipinski definition) is 9. The number of nitrogens with zero attached hydrogens (tertiary/aromatic N) is 3. The summed E-state index contributed by atoms with van der Waals surface area (Å²) >= 11 is 1.57. The summed E-state index contributed by atoms with van der Waals surface area (Å²) in [7, 11) is 1.90. The number of rotatable bonds is 14. The minimum atomic E-state index is -0.635. The number of nitrogens with one attached hydrogen (secondary N) is 2. The number of aliphatic hydroxyl groups is 1. The monoisotopic (exact) mass is 583 g/mol. The Morgan fingerprint density at radius 2 is 1.78 bits per heavy atom. The molecule has 220 valence electrons. The van der Waals surface area contributed by atoms with Gasteiger partial charge >= 0.3 is 0 Å². The predicted molar refractivity (Wildman–Crippen MR) is 153 cm³/mol. The number of thioether (sulfide) groups is 1. The van der Waals surface area contributed by atoms with Crippen LogP contribution >= 0.6 is 11.8 Å². The summed E-state index contributed by atoms with van der Waals surface area (Å²) in [6.45, 7) is -0.0175. The van der Waals surface area contributed by atoms with Gasteiger partial charge in [-0.2, -0.15) is 0 Å². The van der Waals surface area contributed by atoms with Crippen molar-refractivity contribution in [2.24, 2.45) is 7.05 Å². The van der Waals surface area contributed by atoms with Gasteiger partial charge in [-0.1, -0.05) is 61.0 Å². The van der Waals surface area contributed by atoms with E-state index in [9.17, 15) is 14.7 Å². The zero-order valence-electron chi connectivity index (χ0n) is 23.1. The number of hydrogen-bond donors (Lipinski definition) is 4. The number of amides is 2. The van der Waals surface area contributed by atoms with Crippen LogP contribution in [0.15, 0.2) is 60.0 Å². The average molecular weight is 584 g/mol. The van der Waals surface area contributed by atoms with Crippen molar-refractivity contribution in [3.05, 3.63) is 71.5 Å². The van der Waals surface area contributed by atoms with E-state index in [-0.39, 0.29) is 31.1 Å². The van der Waals surface area contributed by atoms with Gasteiger partial charge in [0.1, 0.15) is 6.33 Å². The molecule has 41 heavy (non-hydrogen) atoms. The second-order valence-corrected chi connectivity index (χ2v) is 11.0. The Kier molecular flexibility index (Phi) is 11.7. The van der Waals surface area contributed by atoms with Crippen molar-refractivity contribution >= 4 is 29.3 Å². The first-order valence-corrected chi connectivity index (χ1v) is 14.7. The van der Waals surface area contributed by atoms with Gasteiger partial charge in [-0.15, -0.1) is 10.2 Å². The number of benzene rings is 2. The molecule has 0 radical (unpaired) electrons. The zero-order valence-corrected chi connectivity index (χ0v) is 23.9. The van der Waals surface area contributed by atoms with Crippen molar-refractivity contribution in [1.82, 2.24) is 20.2 Å². The quantitative estimate of drug-likeness (QED) is 0.0936. The highest BCUT2D eigenvalue weighted by atomic mass is 32.2. The lowest BCUT2D eigenvalue weighted by Gasteiger charge is -2.36. The van der Waals surface area contributed by atoms with Crippen LogP contribution in [0.25, 0.3) is 0 Å². The Hall–Kier alpha value is -3.29. The highest BCUT2D eigenvalue weighted by Gasteiger charge is 2.32. The molecule has 4 N–H and O–H groups in total. The molecule has 11 nitrogen and oxygen atoms in total. The molecule has 1 aliphatic rings. The lowest BCUT2D eigenvalue weighted by atomic mass is 10.0. The smallest absolute Gasteiger partial charge is 0.243 e. The lowest BCUT2D eigenvalue weighted by Crippen LogP contribution is -2.31. The van der Waals surface area contributed by atoms with Crippen molar-refractivity contribution in [3.8, 4) is 0 Å². The minimum Gasteiger partial charge on any atom is -0.392 e. The maximum Gasteiger partial charge on any atom is 0.243 e. The summed E-state index contributed by atoms with van der Waals surface area (Å²) in [5.41, 5.74) is 4.93. The third-order valence-corrected chi connectivity index (χ3v) is 7.97. The second kappa shape index (κ2) is 15.6. The van der Waals surface area contributed by atoms with E-state index in [4.69, 9.17) is 14.7 Å². The number of aromatic nitrogens is 3. The van der Waals surface area contributed by atoms with Crippen LogP contribution in [0.1, 0.15) is 74.0 Å².